The number of aldehydes is 1. The summed E-state index contributed by atoms with van der Waals surface area (Å²) in [4.78, 5) is 11.9. The maximum Gasteiger partial charge on any atom is 0.262 e. The van der Waals surface area contributed by atoms with Gasteiger partial charge < -0.3 is 13.6 Å². The molecule has 0 saturated heterocycles. The molecule has 0 N–H and O–H groups in total. The predicted molar refractivity (Wildman–Crippen MR) is 167 cm³/mol. The zero-order valence-electron chi connectivity index (χ0n) is 24.2. The number of carbonyl (C=O) groups excluding carboxylic acids is 1. The second-order valence-corrected chi connectivity index (χ2v) is 17.4. The van der Waals surface area contributed by atoms with Crippen LogP contribution in [0.25, 0.3) is 0 Å². The van der Waals surface area contributed by atoms with E-state index in [2.05, 4.69) is 124 Å². The molecule has 0 amide bonds. The Hall–Kier alpha value is -2.21. The minimum absolute atomic E-state index is 0.155. The Bertz CT molecular complexity index is 1200. The van der Waals surface area contributed by atoms with Crippen LogP contribution in [-0.4, -0.2) is 14.6 Å². The first kappa shape index (κ1) is 29.8. The van der Waals surface area contributed by atoms with Gasteiger partial charge in [-0.3, -0.25) is 0 Å². The highest BCUT2D eigenvalue weighted by atomic mass is 79.9. The SMILES string of the molecule is CC1=CC[C@H](C(C)C)[C@@H](CC=O)[C@H]1C[C@H](O[Si](c1ccccc1)(c1ccccc1)C(C)(C)C)c1ccc(Br)o1. The van der Waals surface area contributed by atoms with Gasteiger partial charge >= 0.3 is 0 Å². The van der Waals surface area contributed by atoms with Gasteiger partial charge in [0, 0.05) is 6.42 Å². The summed E-state index contributed by atoms with van der Waals surface area (Å²) in [6, 6.07) is 25.6. The topological polar surface area (TPSA) is 39.4 Å². The molecule has 0 unspecified atom stereocenters. The van der Waals surface area contributed by atoms with Gasteiger partial charge in [0.15, 0.2) is 4.67 Å². The first-order chi connectivity index (χ1) is 18.6. The Labute approximate surface area is 244 Å². The summed E-state index contributed by atoms with van der Waals surface area (Å²) in [5.41, 5.74) is 1.36. The largest absolute Gasteiger partial charge is 0.452 e. The van der Waals surface area contributed by atoms with Crippen molar-refractivity contribution in [3.05, 3.63) is 94.9 Å². The number of hydrogen-bond donors (Lipinski definition) is 0. The van der Waals surface area contributed by atoms with Gasteiger partial charge in [0.25, 0.3) is 8.32 Å². The monoisotopic (exact) mass is 606 g/mol. The summed E-state index contributed by atoms with van der Waals surface area (Å²) in [6.45, 7) is 13.7. The highest BCUT2D eigenvalue weighted by Gasteiger charge is 2.52. The lowest BCUT2D eigenvalue weighted by Gasteiger charge is -2.46. The number of carbonyl (C=O) groups is 1. The lowest BCUT2D eigenvalue weighted by Crippen LogP contribution is -2.67. The standard InChI is InChI=1S/C34H43BrO3Si/c1-24(2)28-18-17-25(3)30(29(28)21-22-36)23-32(31-19-20-33(35)37-31)38-39(34(4,5)6,26-13-9-7-10-14-26)27-15-11-8-12-16-27/h7-17,19-20,22,24,28-30,32H,18,21,23H2,1-6H3/t28-,29-,30+,32+/m1/s1. The predicted octanol–water partition coefficient (Wildman–Crippen LogP) is 8.49. The van der Waals surface area contributed by atoms with Crippen molar-refractivity contribution in [1.82, 2.24) is 0 Å². The normalized spacial score (nSPS) is 21.0. The zero-order chi connectivity index (χ0) is 28.2. The van der Waals surface area contributed by atoms with Crippen LogP contribution >= 0.6 is 15.9 Å². The first-order valence-electron chi connectivity index (χ1n) is 14.2. The van der Waals surface area contributed by atoms with E-state index in [0.717, 1.165) is 24.9 Å². The molecule has 1 aliphatic carbocycles. The summed E-state index contributed by atoms with van der Waals surface area (Å²) in [5, 5.41) is 2.34. The lowest BCUT2D eigenvalue weighted by atomic mass is 9.65. The average Bonchev–Trinajstić information content (AvgIpc) is 3.34. The Balaban J connectivity index is 1.87. The van der Waals surface area contributed by atoms with E-state index in [9.17, 15) is 4.79 Å². The lowest BCUT2D eigenvalue weighted by molar-refractivity contribution is -0.109. The van der Waals surface area contributed by atoms with E-state index in [1.165, 1.54) is 15.9 Å². The minimum atomic E-state index is -2.84. The van der Waals surface area contributed by atoms with Crippen LogP contribution in [0.1, 0.15) is 72.7 Å². The van der Waals surface area contributed by atoms with Gasteiger partial charge in [-0.2, -0.15) is 0 Å². The molecule has 0 bridgehead atoms. The molecule has 1 aromatic heterocycles. The van der Waals surface area contributed by atoms with E-state index in [4.69, 9.17) is 8.84 Å². The number of rotatable bonds is 10. The fourth-order valence-electron chi connectivity index (χ4n) is 6.72. The molecule has 3 nitrogen and oxygen atoms in total. The van der Waals surface area contributed by atoms with Crippen molar-refractivity contribution in [3.8, 4) is 0 Å². The molecule has 1 aliphatic rings. The number of allylic oxidation sites excluding steroid dienone is 2. The fraction of sp³-hybridized carbons (Fsp3) is 0.441. The maximum absolute atomic E-state index is 11.9. The summed E-state index contributed by atoms with van der Waals surface area (Å²) < 4.78 is 14.6. The van der Waals surface area contributed by atoms with Crippen molar-refractivity contribution in [2.24, 2.45) is 23.7 Å². The number of benzene rings is 2. The second kappa shape index (κ2) is 12.5. The van der Waals surface area contributed by atoms with Crippen molar-refractivity contribution >= 4 is 40.9 Å². The molecule has 0 spiro atoms. The molecule has 0 radical (unpaired) electrons. The third-order valence-corrected chi connectivity index (χ3v) is 14.2. The molecule has 0 saturated carbocycles. The summed E-state index contributed by atoms with van der Waals surface area (Å²) in [5.74, 6) is 2.34. The van der Waals surface area contributed by atoms with Crippen LogP contribution in [-0.2, 0) is 9.22 Å². The zero-order valence-corrected chi connectivity index (χ0v) is 26.8. The van der Waals surface area contributed by atoms with Crippen LogP contribution in [0.15, 0.2) is 93.5 Å². The van der Waals surface area contributed by atoms with E-state index in [1.54, 1.807) is 0 Å². The highest BCUT2D eigenvalue weighted by molar-refractivity contribution is 9.10. The fourth-order valence-corrected chi connectivity index (χ4v) is 11.7. The van der Waals surface area contributed by atoms with E-state index < -0.39 is 8.32 Å². The molecule has 4 atom stereocenters. The van der Waals surface area contributed by atoms with Crippen molar-refractivity contribution in [2.75, 3.05) is 0 Å². The van der Waals surface area contributed by atoms with E-state index in [0.29, 0.717) is 22.9 Å². The van der Waals surface area contributed by atoms with Gasteiger partial charge in [-0.25, -0.2) is 0 Å². The van der Waals surface area contributed by atoms with Crippen LogP contribution in [0, 0.1) is 23.7 Å². The molecular weight excluding hydrogens is 564 g/mol. The number of halogens is 1. The first-order valence-corrected chi connectivity index (χ1v) is 16.9. The number of hydrogen-bond acceptors (Lipinski definition) is 3. The average molecular weight is 608 g/mol. The van der Waals surface area contributed by atoms with E-state index in [1.807, 2.05) is 12.1 Å². The molecular formula is C34H43BrO3Si. The van der Waals surface area contributed by atoms with Crippen LogP contribution in [0.3, 0.4) is 0 Å². The van der Waals surface area contributed by atoms with Crippen LogP contribution in [0.5, 0.6) is 0 Å². The number of furan rings is 1. The Morgan fingerprint density at radius 3 is 2.05 bits per heavy atom. The van der Waals surface area contributed by atoms with Crippen molar-refractivity contribution in [2.45, 2.75) is 71.9 Å². The molecule has 1 heterocycles. The van der Waals surface area contributed by atoms with Gasteiger partial charge in [-0.1, -0.05) is 107 Å². The van der Waals surface area contributed by atoms with Crippen molar-refractivity contribution in [3.63, 3.8) is 0 Å². The van der Waals surface area contributed by atoms with Gasteiger partial charge in [-0.15, -0.1) is 0 Å². The maximum atomic E-state index is 11.9. The molecule has 208 valence electrons. The van der Waals surface area contributed by atoms with E-state index >= 15 is 0 Å². The van der Waals surface area contributed by atoms with E-state index in [-0.39, 0.29) is 23.0 Å². The molecule has 4 rings (SSSR count). The Kier molecular flexibility index (Phi) is 9.56. The highest BCUT2D eigenvalue weighted by Crippen LogP contribution is 2.47. The molecule has 3 aromatic rings. The minimum Gasteiger partial charge on any atom is -0.452 e. The van der Waals surface area contributed by atoms with Gasteiger partial charge in [0.2, 0.25) is 0 Å². The molecule has 2 aromatic carbocycles. The molecule has 0 aliphatic heterocycles. The Morgan fingerprint density at radius 1 is 1.00 bits per heavy atom. The summed E-state index contributed by atoms with van der Waals surface area (Å²) in [7, 11) is -2.84. The smallest absolute Gasteiger partial charge is 0.262 e. The van der Waals surface area contributed by atoms with Crippen LogP contribution in [0.2, 0.25) is 5.04 Å². The second-order valence-electron chi connectivity index (χ2n) is 12.4. The molecule has 0 fully saturated rings. The van der Waals surface area contributed by atoms with Crippen molar-refractivity contribution in [1.29, 1.82) is 0 Å². The van der Waals surface area contributed by atoms with Crippen molar-refractivity contribution < 1.29 is 13.6 Å². The Morgan fingerprint density at radius 2 is 1.59 bits per heavy atom. The summed E-state index contributed by atoms with van der Waals surface area (Å²) in [6.07, 6.45) is 5.63. The molecule has 39 heavy (non-hydrogen) atoms. The quantitative estimate of drug-likeness (QED) is 0.132. The summed E-state index contributed by atoms with van der Waals surface area (Å²) >= 11 is 3.54. The molecule has 5 heteroatoms. The third kappa shape index (κ3) is 6.26. The third-order valence-electron chi connectivity index (χ3n) is 8.70. The van der Waals surface area contributed by atoms with Crippen LogP contribution in [0.4, 0.5) is 0 Å². The van der Waals surface area contributed by atoms with Gasteiger partial charge in [0.1, 0.15) is 18.2 Å². The van der Waals surface area contributed by atoms with Gasteiger partial charge in [-0.05, 0) is 86.9 Å². The van der Waals surface area contributed by atoms with Crippen LogP contribution < -0.4 is 10.4 Å². The van der Waals surface area contributed by atoms with Gasteiger partial charge in [0.05, 0.1) is 0 Å².